The molecule has 3 aromatic rings. The van der Waals surface area contributed by atoms with Gasteiger partial charge in [0.2, 0.25) is 0 Å². The number of ether oxygens (including phenoxy) is 1. The number of aryl methyl sites for hydroxylation is 2. The minimum absolute atomic E-state index is 0.0479. The van der Waals surface area contributed by atoms with Gasteiger partial charge in [0.15, 0.2) is 0 Å². The summed E-state index contributed by atoms with van der Waals surface area (Å²) in [4.78, 5) is 28.2. The molecule has 0 fully saturated rings. The lowest BCUT2D eigenvalue weighted by Crippen LogP contribution is -2.32. The molecular formula is C28H27FN2O3. The van der Waals surface area contributed by atoms with Crippen molar-refractivity contribution in [2.24, 2.45) is 0 Å². The Labute approximate surface area is 198 Å². The number of halogens is 1. The maximum absolute atomic E-state index is 13.5. The highest BCUT2D eigenvalue weighted by atomic mass is 19.1. The molecule has 1 aliphatic rings. The molecule has 0 aliphatic carbocycles. The van der Waals surface area contributed by atoms with Crippen molar-refractivity contribution in [3.8, 4) is 5.75 Å². The summed E-state index contributed by atoms with van der Waals surface area (Å²) < 4.78 is 19.0. The third kappa shape index (κ3) is 4.86. The van der Waals surface area contributed by atoms with Crippen LogP contribution in [0.1, 0.15) is 36.1 Å². The van der Waals surface area contributed by atoms with Crippen molar-refractivity contribution in [1.29, 1.82) is 0 Å². The SMILES string of the molecule is Cc1ccc(C2=C(Nc3ccc(OC(C)C)cc3)C(=O)N(Cc3ccc(F)cc3)C2=O)c(C)c1. The molecule has 6 heteroatoms. The number of rotatable bonds is 7. The molecule has 5 nitrogen and oxygen atoms in total. The van der Waals surface area contributed by atoms with Crippen LogP contribution in [0.3, 0.4) is 0 Å². The van der Waals surface area contributed by atoms with Crippen LogP contribution in [0, 0.1) is 19.7 Å². The van der Waals surface area contributed by atoms with Crippen LogP contribution in [0.5, 0.6) is 5.75 Å². The highest BCUT2D eigenvalue weighted by Crippen LogP contribution is 2.33. The summed E-state index contributed by atoms with van der Waals surface area (Å²) in [7, 11) is 0. The van der Waals surface area contributed by atoms with Crippen molar-refractivity contribution in [3.05, 3.63) is 100 Å². The third-order valence-corrected chi connectivity index (χ3v) is 5.57. The zero-order valence-electron chi connectivity index (χ0n) is 19.7. The summed E-state index contributed by atoms with van der Waals surface area (Å²) in [5.41, 5.74) is 4.55. The van der Waals surface area contributed by atoms with Crippen molar-refractivity contribution in [1.82, 2.24) is 4.90 Å². The van der Waals surface area contributed by atoms with E-state index >= 15 is 0 Å². The van der Waals surface area contributed by atoms with E-state index in [0.29, 0.717) is 22.4 Å². The van der Waals surface area contributed by atoms with Gasteiger partial charge in [-0.2, -0.15) is 0 Å². The van der Waals surface area contributed by atoms with Gasteiger partial charge in [-0.3, -0.25) is 14.5 Å². The first-order valence-electron chi connectivity index (χ1n) is 11.2. The highest BCUT2D eigenvalue weighted by molar-refractivity contribution is 6.36. The molecule has 1 aliphatic heterocycles. The van der Waals surface area contributed by atoms with Gasteiger partial charge in [0.25, 0.3) is 11.8 Å². The van der Waals surface area contributed by atoms with E-state index in [9.17, 15) is 14.0 Å². The maximum Gasteiger partial charge on any atom is 0.278 e. The number of imide groups is 1. The minimum atomic E-state index is -0.424. The number of nitrogens with zero attached hydrogens (tertiary/aromatic N) is 1. The number of hydrogen-bond acceptors (Lipinski definition) is 4. The van der Waals surface area contributed by atoms with E-state index in [1.54, 1.807) is 12.1 Å². The van der Waals surface area contributed by atoms with Crippen molar-refractivity contribution >= 4 is 23.1 Å². The molecule has 3 aromatic carbocycles. The van der Waals surface area contributed by atoms with Crippen molar-refractivity contribution in [3.63, 3.8) is 0 Å². The number of benzene rings is 3. The molecule has 174 valence electrons. The second-order valence-corrected chi connectivity index (χ2v) is 8.71. The molecule has 4 rings (SSSR count). The van der Waals surface area contributed by atoms with Gasteiger partial charge in [-0.25, -0.2) is 4.39 Å². The van der Waals surface area contributed by atoms with E-state index < -0.39 is 5.91 Å². The van der Waals surface area contributed by atoms with Crippen LogP contribution in [-0.2, 0) is 16.1 Å². The normalized spacial score (nSPS) is 13.8. The standard InChI is InChI=1S/C28H27FN2O3/c1-17(2)34-23-12-10-22(11-13-23)30-26-25(24-14-5-18(3)15-19(24)4)27(32)31(28(26)33)16-20-6-8-21(29)9-7-20/h5-15,17,30H,16H2,1-4H3. The van der Waals surface area contributed by atoms with E-state index in [0.717, 1.165) is 16.9 Å². The largest absolute Gasteiger partial charge is 0.491 e. The fourth-order valence-corrected chi connectivity index (χ4v) is 3.99. The molecule has 0 unspecified atom stereocenters. The Hall–Kier alpha value is -3.93. The van der Waals surface area contributed by atoms with Crippen LogP contribution in [0.2, 0.25) is 0 Å². The Morgan fingerprint density at radius 1 is 0.912 bits per heavy atom. The Kier molecular flexibility index (Phi) is 6.50. The quantitative estimate of drug-likeness (QED) is 0.467. The predicted molar refractivity (Wildman–Crippen MR) is 131 cm³/mol. The summed E-state index contributed by atoms with van der Waals surface area (Å²) >= 11 is 0. The second kappa shape index (κ2) is 9.51. The van der Waals surface area contributed by atoms with Gasteiger partial charge >= 0.3 is 0 Å². The fraction of sp³-hybridized carbons (Fsp3) is 0.214. The van der Waals surface area contributed by atoms with E-state index in [4.69, 9.17) is 4.74 Å². The number of carbonyl (C=O) groups is 2. The second-order valence-electron chi connectivity index (χ2n) is 8.71. The van der Waals surface area contributed by atoms with Crippen LogP contribution in [0.15, 0.2) is 72.4 Å². The summed E-state index contributed by atoms with van der Waals surface area (Å²) in [5, 5.41) is 3.17. The Morgan fingerprint density at radius 2 is 1.59 bits per heavy atom. The lowest BCUT2D eigenvalue weighted by Gasteiger charge is -2.16. The van der Waals surface area contributed by atoms with E-state index in [1.807, 2.05) is 70.2 Å². The number of amides is 2. The van der Waals surface area contributed by atoms with Crippen LogP contribution in [0.4, 0.5) is 10.1 Å². The molecule has 34 heavy (non-hydrogen) atoms. The van der Waals surface area contributed by atoms with Gasteiger partial charge < -0.3 is 10.1 Å². The van der Waals surface area contributed by atoms with Crippen LogP contribution in [-0.4, -0.2) is 22.8 Å². The van der Waals surface area contributed by atoms with E-state index in [2.05, 4.69) is 5.32 Å². The minimum Gasteiger partial charge on any atom is -0.491 e. The lowest BCUT2D eigenvalue weighted by atomic mass is 9.97. The molecule has 0 bridgehead atoms. The van der Waals surface area contributed by atoms with Gasteiger partial charge in [0.1, 0.15) is 17.3 Å². The average Bonchev–Trinajstić information content (AvgIpc) is 3.00. The number of hydrogen-bond donors (Lipinski definition) is 1. The summed E-state index contributed by atoms with van der Waals surface area (Å²) in [6.07, 6.45) is 0.0479. The van der Waals surface area contributed by atoms with Gasteiger partial charge in [0.05, 0.1) is 18.2 Å². The first-order valence-corrected chi connectivity index (χ1v) is 11.2. The van der Waals surface area contributed by atoms with E-state index in [1.165, 1.54) is 17.0 Å². The third-order valence-electron chi connectivity index (χ3n) is 5.57. The molecule has 0 spiro atoms. The van der Waals surface area contributed by atoms with Gasteiger partial charge in [-0.15, -0.1) is 0 Å². The lowest BCUT2D eigenvalue weighted by molar-refractivity contribution is -0.137. The highest BCUT2D eigenvalue weighted by Gasteiger charge is 2.39. The molecule has 0 radical (unpaired) electrons. The average molecular weight is 459 g/mol. The zero-order valence-corrected chi connectivity index (χ0v) is 19.7. The molecular weight excluding hydrogens is 431 g/mol. The Morgan fingerprint density at radius 3 is 2.21 bits per heavy atom. The van der Waals surface area contributed by atoms with Gasteiger partial charge in [-0.1, -0.05) is 35.9 Å². The van der Waals surface area contributed by atoms with Crippen molar-refractivity contribution in [2.75, 3.05) is 5.32 Å². The zero-order chi connectivity index (χ0) is 24.4. The number of nitrogens with one attached hydrogen (secondary N) is 1. The van der Waals surface area contributed by atoms with E-state index in [-0.39, 0.29) is 30.1 Å². The molecule has 0 aromatic heterocycles. The van der Waals surface area contributed by atoms with Gasteiger partial charge in [-0.05, 0) is 80.8 Å². The van der Waals surface area contributed by atoms with Crippen molar-refractivity contribution < 1.29 is 18.7 Å². The number of carbonyl (C=O) groups excluding carboxylic acids is 2. The number of anilines is 1. The smallest absolute Gasteiger partial charge is 0.278 e. The summed E-state index contributed by atoms with van der Waals surface area (Å²) in [5.74, 6) is -0.463. The monoisotopic (exact) mass is 458 g/mol. The van der Waals surface area contributed by atoms with Crippen LogP contribution < -0.4 is 10.1 Å². The maximum atomic E-state index is 13.5. The Bertz CT molecular complexity index is 1260. The van der Waals surface area contributed by atoms with Gasteiger partial charge in [0, 0.05) is 5.69 Å². The van der Waals surface area contributed by atoms with Crippen LogP contribution in [0.25, 0.3) is 5.57 Å². The Balaban J connectivity index is 1.71. The molecule has 1 heterocycles. The first-order chi connectivity index (χ1) is 16.2. The molecule has 0 atom stereocenters. The molecule has 0 saturated heterocycles. The van der Waals surface area contributed by atoms with Crippen LogP contribution >= 0.6 is 0 Å². The predicted octanol–water partition coefficient (Wildman–Crippen LogP) is 5.62. The summed E-state index contributed by atoms with van der Waals surface area (Å²) in [6, 6.07) is 18.8. The molecule has 1 N–H and O–H groups in total. The topological polar surface area (TPSA) is 58.6 Å². The fourth-order valence-electron chi connectivity index (χ4n) is 3.99. The molecule has 2 amide bonds. The first kappa shape index (κ1) is 23.2. The molecule has 0 saturated carbocycles. The van der Waals surface area contributed by atoms with Crippen molar-refractivity contribution in [2.45, 2.75) is 40.3 Å². The summed E-state index contributed by atoms with van der Waals surface area (Å²) in [6.45, 7) is 7.86.